The number of hydrogen-bond donors (Lipinski definition) is 6. The molecule has 17 nitrogen and oxygen atoms in total. The number of carboxylic acid groups (broad SMARTS) is 4. The van der Waals surface area contributed by atoms with Gasteiger partial charge in [0.25, 0.3) is 10.1 Å². The van der Waals surface area contributed by atoms with Gasteiger partial charge in [-0.2, -0.15) is 16.8 Å². The van der Waals surface area contributed by atoms with Crippen LogP contribution in [0.2, 0.25) is 10.0 Å². The molecule has 6 N–H and O–H groups in total. The number of carboxylic acids is 4. The summed E-state index contributed by atoms with van der Waals surface area (Å²) in [6.07, 6.45) is -1.47. The third-order valence-corrected chi connectivity index (χ3v) is 10.7. The highest BCUT2D eigenvalue weighted by molar-refractivity contribution is 7.85. The van der Waals surface area contributed by atoms with Crippen LogP contribution >= 0.6 is 23.2 Å². The van der Waals surface area contributed by atoms with Crippen LogP contribution in [0.3, 0.4) is 0 Å². The lowest BCUT2D eigenvalue weighted by Gasteiger charge is -2.06. The third-order valence-electron chi connectivity index (χ3n) is 8.45. The number of ketones is 2. The lowest BCUT2D eigenvalue weighted by atomic mass is 10.0. The smallest absolute Gasteiger partial charge is 0.398 e. The monoisotopic (exact) mass is 1140 g/mol. The van der Waals surface area contributed by atoms with Crippen molar-refractivity contribution in [1.82, 2.24) is 0 Å². The molecule has 0 amide bonds. The molecular formula is C49H66Cl2F4O17S2. The molecule has 2 atom stereocenters. The minimum Gasteiger partial charge on any atom is -0.481 e. The number of benzene rings is 4. The van der Waals surface area contributed by atoms with Gasteiger partial charge in [0.15, 0.2) is 40.9 Å². The molecule has 2 unspecified atom stereocenters. The van der Waals surface area contributed by atoms with E-state index < -0.39 is 96.6 Å². The molecule has 4 aromatic carbocycles. The van der Waals surface area contributed by atoms with Crippen LogP contribution in [0.1, 0.15) is 142 Å². The fourth-order valence-electron chi connectivity index (χ4n) is 4.95. The Morgan fingerprint density at radius 2 is 0.986 bits per heavy atom. The van der Waals surface area contributed by atoms with Gasteiger partial charge in [0.2, 0.25) is 0 Å². The lowest BCUT2D eigenvalue weighted by molar-refractivity contribution is -0.148. The molecule has 74 heavy (non-hydrogen) atoms. The molecule has 0 spiro atoms. The van der Waals surface area contributed by atoms with Gasteiger partial charge in [-0.25, -0.2) is 31.3 Å². The Morgan fingerprint density at radius 3 is 1.26 bits per heavy atom. The van der Waals surface area contributed by atoms with Crippen LogP contribution in [0.5, 0.6) is 0 Å². The average molecular weight is 1140 g/mol. The summed E-state index contributed by atoms with van der Waals surface area (Å²) in [6, 6.07) is 16.5. The minimum atomic E-state index is -4.66. The molecule has 0 saturated carbocycles. The van der Waals surface area contributed by atoms with Crippen molar-refractivity contribution >= 4 is 79.2 Å². The number of aryl methyl sites for hydroxylation is 2. The van der Waals surface area contributed by atoms with Crippen molar-refractivity contribution in [2.75, 3.05) is 0 Å². The van der Waals surface area contributed by atoms with Crippen LogP contribution in [-0.4, -0.2) is 87.9 Å². The van der Waals surface area contributed by atoms with Crippen LogP contribution in [0.25, 0.3) is 0 Å². The molecule has 0 saturated heterocycles. The summed E-state index contributed by atoms with van der Waals surface area (Å²) < 4.78 is 113. The largest absolute Gasteiger partial charge is 0.481 e. The second-order valence-corrected chi connectivity index (χ2v) is 16.8. The lowest BCUT2D eigenvalue weighted by Crippen LogP contribution is -2.25. The maximum Gasteiger partial charge on any atom is 0.398 e. The number of hydrogen-bond acceptors (Lipinski definition) is 11. The first-order chi connectivity index (χ1) is 34.1. The van der Waals surface area contributed by atoms with Crippen LogP contribution in [0.4, 0.5) is 17.6 Å². The van der Waals surface area contributed by atoms with Crippen LogP contribution in [-0.2, 0) is 39.1 Å². The second-order valence-electron chi connectivity index (χ2n) is 13.6. The van der Waals surface area contributed by atoms with E-state index in [0.717, 1.165) is 25.0 Å². The van der Waals surface area contributed by atoms with E-state index in [1.807, 2.05) is 47.6 Å². The Labute approximate surface area is 440 Å². The normalized spacial score (nSPS) is 10.6. The third kappa shape index (κ3) is 30.4. The average Bonchev–Trinajstić information content (AvgIpc) is 3.32. The summed E-state index contributed by atoms with van der Waals surface area (Å²) in [5.41, 5.74) is 1.73. The van der Waals surface area contributed by atoms with E-state index in [0.29, 0.717) is 33.2 Å². The van der Waals surface area contributed by atoms with E-state index in [9.17, 15) is 63.2 Å². The number of aliphatic carboxylic acids is 3. The molecule has 0 aliphatic carbocycles. The zero-order valence-electron chi connectivity index (χ0n) is 43.3. The fraction of sp³-hybridized carbons (Fsp3) is 0.388. The molecule has 0 aromatic heterocycles. The van der Waals surface area contributed by atoms with E-state index in [1.165, 1.54) is 19.9 Å². The summed E-state index contributed by atoms with van der Waals surface area (Å²) >= 11 is 11.6. The molecule has 0 heterocycles. The van der Waals surface area contributed by atoms with E-state index in [2.05, 4.69) is 4.18 Å². The van der Waals surface area contributed by atoms with Crippen LogP contribution in [0.15, 0.2) is 65.6 Å². The number of Topliss-reactive ketones (excluding diaryl/α,β-unsaturated/α-hetero) is 2. The van der Waals surface area contributed by atoms with Gasteiger partial charge < -0.3 is 20.4 Å². The molecular weight excluding hydrogens is 1070 g/mol. The van der Waals surface area contributed by atoms with Crippen molar-refractivity contribution in [1.29, 1.82) is 0 Å². The predicted molar refractivity (Wildman–Crippen MR) is 273 cm³/mol. The molecule has 418 valence electrons. The number of carbonyl (C=O) groups is 6. The zero-order chi connectivity index (χ0) is 59.6. The zero-order valence-corrected chi connectivity index (χ0v) is 46.5. The molecule has 0 fully saturated rings. The maximum absolute atomic E-state index is 13.0. The van der Waals surface area contributed by atoms with Gasteiger partial charge in [-0.3, -0.25) is 28.3 Å². The second kappa shape index (κ2) is 39.6. The Balaban J connectivity index is -0.000000253. The van der Waals surface area contributed by atoms with Crippen molar-refractivity contribution in [3.05, 3.63) is 133 Å². The highest BCUT2D eigenvalue weighted by Gasteiger charge is 2.25. The van der Waals surface area contributed by atoms with Gasteiger partial charge in [0, 0.05) is 16.1 Å². The highest BCUT2D eigenvalue weighted by atomic mass is 35.5. The number of halogens is 6. The summed E-state index contributed by atoms with van der Waals surface area (Å²) in [5.74, 6) is -13.1. The molecule has 0 aliphatic rings. The van der Waals surface area contributed by atoms with Crippen LogP contribution < -0.4 is 0 Å². The van der Waals surface area contributed by atoms with Gasteiger partial charge in [-0.1, -0.05) is 115 Å². The van der Waals surface area contributed by atoms with Crippen LogP contribution in [0, 0.1) is 56.9 Å². The fourth-order valence-corrected chi connectivity index (χ4v) is 6.68. The van der Waals surface area contributed by atoms with E-state index in [-0.39, 0.29) is 23.5 Å². The summed E-state index contributed by atoms with van der Waals surface area (Å²) in [4.78, 5) is 62.6. The minimum absolute atomic E-state index is 0.0278. The molecule has 0 bridgehead atoms. The van der Waals surface area contributed by atoms with Crippen molar-refractivity contribution in [3.8, 4) is 0 Å². The number of rotatable bonds is 12. The predicted octanol–water partition coefficient (Wildman–Crippen LogP) is 12.5. The Hall–Kier alpha value is -5.82. The van der Waals surface area contributed by atoms with Crippen molar-refractivity contribution in [2.24, 2.45) is 5.92 Å². The number of aromatic carboxylic acids is 1. The van der Waals surface area contributed by atoms with Crippen molar-refractivity contribution < 1.29 is 96.9 Å². The SMILES string of the molecule is CC.CC.CC.CC(=O)c1c(C)c(F)c(F)c(F)c1F.CC(=O)c1c(Cl)ccc(Cl)c1C.CCC(CC(=O)O)C(=O)O.CCC(OS(=O)(=O)O)C(=O)O.Cc1ccccc1C(=O)O.Cc1ccccc1S(=O)(=O)O. The van der Waals surface area contributed by atoms with Crippen molar-refractivity contribution in [3.63, 3.8) is 0 Å². The first-order valence-corrected chi connectivity index (χ1v) is 25.6. The van der Waals surface area contributed by atoms with Gasteiger partial charge in [-0.05, 0) is 95.3 Å². The maximum atomic E-state index is 13.0. The molecule has 0 radical (unpaired) electrons. The molecule has 4 aromatic rings. The molecule has 25 heteroatoms. The topological polar surface area (TPSA) is 301 Å². The quantitative estimate of drug-likeness (QED) is 0.0252. The molecule has 4 rings (SSSR count). The summed E-state index contributed by atoms with van der Waals surface area (Å²) in [5, 5.41) is 34.4. The van der Waals surface area contributed by atoms with E-state index >= 15 is 0 Å². The standard InChI is InChI=1S/C9H8Cl2O.C9H6F4O.C8H8O2.C7H8O3S.C6H10O4.C4H8O6S.3C2H6/c1-5-7(10)3-4-8(11)9(5)6(2)12;1-3-5(4(2)14)7(11)9(13)8(12)6(3)10;1-6-4-2-3-5-7(6)8(9)10;1-6-4-2-3-5-7(6)11(8,9)10;1-2-4(6(9)10)3-5(7)8;1-2-3(4(5)6)10-11(7,8)9;3*1-2/h3-4H,1-2H3;1-2H3;2-5H,1H3,(H,9,10);2-5H,1H3,(H,8,9,10);4H,2-3H2,1H3,(H,7,8)(H,9,10);3H,2H2,1H3,(H,5,6)(H,7,8,9);3*1-2H3. The highest BCUT2D eigenvalue weighted by Crippen LogP contribution is 2.27. The first kappa shape index (κ1) is 77.1. The van der Waals surface area contributed by atoms with E-state index in [1.54, 1.807) is 76.2 Å². The van der Waals surface area contributed by atoms with Gasteiger partial charge in [0.05, 0.1) is 33.4 Å². The van der Waals surface area contributed by atoms with Crippen molar-refractivity contribution in [2.45, 2.75) is 127 Å². The van der Waals surface area contributed by atoms with Gasteiger partial charge in [0.1, 0.15) is 0 Å². The molecule has 0 aliphatic heterocycles. The summed E-state index contributed by atoms with van der Waals surface area (Å²) in [6.45, 7) is 23.7. The Bertz CT molecular complexity index is 2640. The number of carbonyl (C=O) groups excluding carboxylic acids is 2. The first-order valence-electron chi connectivity index (χ1n) is 22.0. The van der Waals surface area contributed by atoms with Gasteiger partial charge in [-0.15, -0.1) is 0 Å². The van der Waals surface area contributed by atoms with Gasteiger partial charge >= 0.3 is 34.3 Å². The summed E-state index contributed by atoms with van der Waals surface area (Å²) in [7, 11) is -8.69. The van der Waals surface area contributed by atoms with E-state index in [4.69, 9.17) is 52.7 Å². The Kier molecular flexibility index (Phi) is 41.3. The Morgan fingerprint density at radius 1 is 0.568 bits per heavy atom.